The van der Waals surface area contributed by atoms with Gasteiger partial charge in [0.15, 0.2) is 9.84 Å². The van der Waals surface area contributed by atoms with Crippen molar-refractivity contribution in [3.8, 4) is 0 Å². The minimum absolute atomic E-state index is 0.0389. The Labute approximate surface area is 180 Å². The molecule has 2 unspecified atom stereocenters. The van der Waals surface area contributed by atoms with Crippen LogP contribution in [0, 0.1) is 0 Å². The van der Waals surface area contributed by atoms with Gasteiger partial charge in [0.2, 0.25) is 0 Å². The Morgan fingerprint density at radius 2 is 1.94 bits per heavy atom. The van der Waals surface area contributed by atoms with Crippen molar-refractivity contribution in [2.45, 2.75) is 48.1 Å². The van der Waals surface area contributed by atoms with Crippen molar-refractivity contribution in [3.05, 3.63) is 41.5 Å². The van der Waals surface area contributed by atoms with Gasteiger partial charge in [0.25, 0.3) is 0 Å². The monoisotopic (exact) mass is 479 g/mol. The van der Waals surface area contributed by atoms with Crippen LogP contribution in [0.5, 0.6) is 0 Å². The van der Waals surface area contributed by atoms with E-state index in [0.29, 0.717) is 11.8 Å². The predicted molar refractivity (Wildman–Crippen MR) is 111 cm³/mol. The number of hydrogen-bond acceptors (Lipinski definition) is 6. The van der Waals surface area contributed by atoms with Crippen molar-refractivity contribution < 1.29 is 34.7 Å². The molecule has 1 aromatic rings. The smallest absolute Gasteiger partial charge is 0.374 e. The molecule has 31 heavy (non-hydrogen) atoms. The van der Waals surface area contributed by atoms with Gasteiger partial charge in [-0.2, -0.15) is 13.2 Å². The van der Waals surface area contributed by atoms with E-state index >= 15 is 0 Å². The highest BCUT2D eigenvalue weighted by atomic mass is 32.2. The number of aliphatic imine (C=N–C) groups is 1. The fourth-order valence-corrected chi connectivity index (χ4v) is 6.12. The molecular formula is C20H24F3NO5S2. The first kappa shape index (κ1) is 23.9. The van der Waals surface area contributed by atoms with Crippen molar-refractivity contribution in [3.63, 3.8) is 0 Å². The second-order valence-electron chi connectivity index (χ2n) is 8.20. The standard InChI is InChI=1S/C20H24F3NO5S2/c1-19(31(27,28)17-5-3-4-15(11-17)20(21,22)23)7-8-29-18(12-19)14-10-16(24-13-14)6-9-30(2,25)26/h3-5,10-11,18H,6-9,12-13H2,1-2H3. The van der Waals surface area contributed by atoms with Gasteiger partial charge in [0.05, 0.1) is 33.6 Å². The molecule has 2 aliphatic heterocycles. The van der Waals surface area contributed by atoms with E-state index in [9.17, 15) is 30.0 Å². The van der Waals surface area contributed by atoms with Gasteiger partial charge >= 0.3 is 6.18 Å². The fourth-order valence-electron chi connectivity index (χ4n) is 3.71. The second-order valence-corrected chi connectivity index (χ2v) is 12.9. The van der Waals surface area contributed by atoms with E-state index in [0.717, 1.165) is 24.0 Å². The summed E-state index contributed by atoms with van der Waals surface area (Å²) in [7, 11) is -7.21. The van der Waals surface area contributed by atoms with E-state index < -0.39 is 42.3 Å². The molecule has 0 aliphatic carbocycles. The minimum atomic E-state index is -4.64. The topological polar surface area (TPSA) is 89.9 Å². The van der Waals surface area contributed by atoms with E-state index in [1.807, 2.05) is 0 Å². The molecule has 6 nitrogen and oxygen atoms in total. The van der Waals surface area contributed by atoms with Crippen LogP contribution in [0.1, 0.15) is 31.7 Å². The maximum Gasteiger partial charge on any atom is 0.416 e. The number of halogens is 3. The van der Waals surface area contributed by atoms with E-state index in [-0.39, 0.29) is 43.1 Å². The molecule has 172 valence electrons. The second kappa shape index (κ2) is 8.32. The Morgan fingerprint density at radius 1 is 1.23 bits per heavy atom. The van der Waals surface area contributed by atoms with Crippen LogP contribution in [0.4, 0.5) is 13.2 Å². The third kappa shape index (κ3) is 5.38. The molecule has 1 fully saturated rings. The lowest BCUT2D eigenvalue weighted by molar-refractivity contribution is -0.137. The van der Waals surface area contributed by atoms with Crippen molar-refractivity contribution >= 4 is 25.4 Å². The zero-order valence-electron chi connectivity index (χ0n) is 17.1. The molecule has 11 heteroatoms. The Morgan fingerprint density at radius 3 is 2.58 bits per heavy atom. The van der Waals surface area contributed by atoms with Crippen LogP contribution >= 0.6 is 0 Å². The zero-order chi connectivity index (χ0) is 23.1. The third-order valence-electron chi connectivity index (χ3n) is 5.65. The third-order valence-corrected chi connectivity index (χ3v) is 9.14. The highest BCUT2D eigenvalue weighted by Crippen LogP contribution is 2.40. The lowest BCUT2D eigenvalue weighted by Crippen LogP contribution is -2.45. The van der Waals surface area contributed by atoms with Crippen LogP contribution in [0.3, 0.4) is 0 Å². The molecule has 2 heterocycles. The van der Waals surface area contributed by atoms with Gasteiger partial charge in [-0.3, -0.25) is 4.99 Å². The van der Waals surface area contributed by atoms with Gasteiger partial charge in [-0.1, -0.05) is 6.07 Å². The van der Waals surface area contributed by atoms with Gasteiger partial charge in [0, 0.05) is 25.0 Å². The largest absolute Gasteiger partial charge is 0.416 e. The number of rotatable bonds is 6. The van der Waals surface area contributed by atoms with Crippen LogP contribution in [0.25, 0.3) is 0 Å². The zero-order valence-corrected chi connectivity index (χ0v) is 18.8. The van der Waals surface area contributed by atoms with Gasteiger partial charge in [0.1, 0.15) is 9.84 Å². The average Bonchev–Trinajstić information content (AvgIpc) is 3.14. The highest BCUT2D eigenvalue weighted by Gasteiger charge is 2.46. The quantitative estimate of drug-likeness (QED) is 0.625. The summed E-state index contributed by atoms with van der Waals surface area (Å²) < 4.78 is 92.9. The molecule has 2 atom stereocenters. The van der Waals surface area contributed by atoms with Crippen molar-refractivity contribution in [2.24, 2.45) is 4.99 Å². The molecule has 0 N–H and O–H groups in total. The first-order chi connectivity index (χ1) is 14.2. The van der Waals surface area contributed by atoms with Gasteiger partial charge in [-0.25, -0.2) is 16.8 Å². The van der Waals surface area contributed by atoms with Crippen LogP contribution in [-0.2, 0) is 30.6 Å². The summed E-state index contributed by atoms with van der Waals surface area (Å²) in [6.07, 6.45) is -1.84. The predicted octanol–water partition coefficient (Wildman–Crippen LogP) is 3.23. The van der Waals surface area contributed by atoms with Gasteiger partial charge < -0.3 is 4.74 Å². The van der Waals surface area contributed by atoms with Crippen LogP contribution in [-0.4, -0.2) is 58.6 Å². The van der Waals surface area contributed by atoms with Crippen molar-refractivity contribution in [1.29, 1.82) is 0 Å². The van der Waals surface area contributed by atoms with E-state index in [1.165, 1.54) is 13.0 Å². The Hall–Kier alpha value is -1.72. The number of sulfone groups is 2. The number of allylic oxidation sites excluding steroid dienone is 1. The SMILES string of the molecule is CC1(S(=O)(=O)c2cccc(C(F)(F)F)c2)CCOC(C2=CC(CCS(C)(=O)=O)=NC2)C1. The van der Waals surface area contributed by atoms with E-state index in [4.69, 9.17) is 4.74 Å². The molecule has 0 aromatic heterocycles. The molecule has 0 spiro atoms. The van der Waals surface area contributed by atoms with Gasteiger partial charge in [-0.05, 0) is 49.6 Å². The van der Waals surface area contributed by atoms with E-state index in [2.05, 4.69) is 4.99 Å². The summed E-state index contributed by atoms with van der Waals surface area (Å²) >= 11 is 0. The van der Waals surface area contributed by atoms with Crippen LogP contribution < -0.4 is 0 Å². The van der Waals surface area contributed by atoms with Gasteiger partial charge in [-0.15, -0.1) is 0 Å². The fraction of sp³-hybridized carbons (Fsp3) is 0.550. The van der Waals surface area contributed by atoms with Crippen LogP contribution in [0.15, 0.2) is 45.8 Å². The summed E-state index contributed by atoms with van der Waals surface area (Å²) in [5.74, 6) is -0.0389. The summed E-state index contributed by atoms with van der Waals surface area (Å²) in [5, 5.41) is 0. The number of ether oxygens (including phenoxy) is 1. The normalized spacial score (nSPS) is 25.3. The Kier molecular flexibility index (Phi) is 6.43. The summed E-state index contributed by atoms with van der Waals surface area (Å²) in [6, 6.07) is 3.79. The maximum absolute atomic E-state index is 13.3. The number of alkyl halides is 3. The molecule has 0 saturated carbocycles. The first-order valence-electron chi connectivity index (χ1n) is 9.66. The average molecular weight is 480 g/mol. The molecule has 1 aromatic carbocycles. The van der Waals surface area contributed by atoms with E-state index in [1.54, 1.807) is 6.08 Å². The maximum atomic E-state index is 13.3. The number of benzene rings is 1. The highest BCUT2D eigenvalue weighted by molar-refractivity contribution is 7.92. The molecule has 0 radical (unpaired) electrons. The summed E-state index contributed by atoms with van der Waals surface area (Å²) in [6.45, 7) is 1.94. The molecular weight excluding hydrogens is 455 g/mol. The molecule has 0 amide bonds. The Bertz CT molecular complexity index is 1120. The number of nitrogens with zero attached hydrogens (tertiary/aromatic N) is 1. The van der Waals surface area contributed by atoms with Crippen LogP contribution in [0.2, 0.25) is 0 Å². The minimum Gasteiger partial charge on any atom is -0.374 e. The molecule has 1 saturated heterocycles. The molecule has 2 aliphatic rings. The first-order valence-corrected chi connectivity index (χ1v) is 13.2. The Balaban J connectivity index is 1.81. The molecule has 0 bridgehead atoms. The lowest BCUT2D eigenvalue weighted by atomic mass is 9.92. The molecule has 3 rings (SSSR count). The lowest BCUT2D eigenvalue weighted by Gasteiger charge is -2.38. The summed E-state index contributed by atoms with van der Waals surface area (Å²) in [5.41, 5.74) is 0.342. The summed E-state index contributed by atoms with van der Waals surface area (Å²) in [4.78, 5) is 3.94. The van der Waals surface area contributed by atoms with Crippen molar-refractivity contribution in [1.82, 2.24) is 0 Å². The van der Waals surface area contributed by atoms with Crippen molar-refractivity contribution in [2.75, 3.05) is 25.2 Å². The number of hydrogen-bond donors (Lipinski definition) is 0.